The third-order valence-corrected chi connectivity index (χ3v) is 5.65. The van der Waals surface area contributed by atoms with Crippen LogP contribution in [0, 0.1) is 5.92 Å². The summed E-state index contributed by atoms with van der Waals surface area (Å²) >= 11 is 6.07. The van der Waals surface area contributed by atoms with Crippen LogP contribution < -0.4 is 15.0 Å². The van der Waals surface area contributed by atoms with Crippen LogP contribution in [0.2, 0.25) is 5.02 Å². The van der Waals surface area contributed by atoms with Crippen LogP contribution in [0.1, 0.15) is 24.0 Å². The Kier molecular flexibility index (Phi) is 5.18. The molecule has 1 saturated carbocycles. The minimum atomic E-state index is -4.74. The van der Waals surface area contributed by atoms with Crippen molar-refractivity contribution in [2.75, 3.05) is 12.0 Å². The van der Waals surface area contributed by atoms with Crippen molar-refractivity contribution in [3.63, 3.8) is 0 Å². The van der Waals surface area contributed by atoms with Crippen LogP contribution in [0.3, 0.4) is 0 Å². The largest absolute Gasteiger partial charge is 0.497 e. The molecule has 0 saturated heterocycles. The molecule has 2 amide bonds. The van der Waals surface area contributed by atoms with Gasteiger partial charge in [-0.05, 0) is 60.7 Å². The quantitative estimate of drug-likeness (QED) is 0.601. The number of allylic oxidation sites excluding steroid dienone is 1. The molecule has 1 fully saturated rings. The molecule has 2 aromatic carbocycles. The first-order chi connectivity index (χ1) is 14.2. The number of amides is 2. The first kappa shape index (κ1) is 20.6. The minimum Gasteiger partial charge on any atom is -0.497 e. The van der Waals surface area contributed by atoms with Crippen LogP contribution in [0.4, 0.5) is 23.7 Å². The second kappa shape index (κ2) is 7.54. The summed E-state index contributed by atoms with van der Waals surface area (Å²) in [4.78, 5) is 14.2. The van der Waals surface area contributed by atoms with Crippen LogP contribution in [-0.4, -0.2) is 19.3 Å². The Labute approximate surface area is 177 Å². The first-order valence-electron chi connectivity index (χ1n) is 9.52. The summed E-state index contributed by atoms with van der Waals surface area (Å²) in [6, 6.07) is 10.4. The van der Waals surface area contributed by atoms with Gasteiger partial charge in [0, 0.05) is 10.6 Å². The van der Waals surface area contributed by atoms with Gasteiger partial charge in [0.2, 0.25) is 0 Å². The average Bonchev–Trinajstić information content (AvgIpc) is 3.53. The number of rotatable bonds is 5. The third-order valence-electron chi connectivity index (χ3n) is 5.41. The molecular weight excluding hydrogens is 417 g/mol. The van der Waals surface area contributed by atoms with E-state index in [1.807, 2.05) is 0 Å². The molecule has 0 unspecified atom stereocenters. The van der Waals surface area contributed by atoms with Crippen molar-refractivity contribution in [1.29, 1.82) is 0 Å². The Hall–Kier alpha value is -2.67. The number of hydrogen-bond donors (Lipinski definition) is 1. The monoisotopic (exact) mass is 436 g/mol. The van der Waals surface area contributed by atoms with Gasteiger partial charge < -0.3 is 10.1 Å². The highest BCUT2D eigenvalue weighted by Crippen LogP contribution is 2.48. The highest BCUT2D eigenvalue weighted by atomic mass is 35.5. The standard InChI is InChI=1S/C22H20ClF3N2O2/c1-30-17-7-4-15(5-8-17)13-28-19-9-6-16(23)12-18(19)21(22(24,25)26,27-20(28)29)11-10-14-2-3-14/h4-12,14H,2-3,13H2,1H3,(H,27,29)/b11-10-/t21-/m0/s1. The van der Waals surface area contributed by atoms with Gasteiger partial charge in [-0.1, -0.05) is 29.8 Å². The molecule has 0 radical (unpaired) electrons. The average molecular weight is 437 g/mol. The minimum absolute atomic E-state index is 0.0903. The van der Waals surface area contributed by atoms with Gasteiger partial charge in [0.1, 0.15) is 5.75 Å². The molecule has 1 atom stereocenters. The van der Waals surface area contributed by atoms with Crippen molar-refractivity contribution in [3.05, 3.63) is 70.8 Å². The van der Waals surface area contributed by atoms with Crippen molar-refractivity contribution in [1.82, 2.24) is 5.32 Å². The molecule has 8 heteroatoms. The van der Waals surface area contributed by atoms with Gasteiger partial charge in [0.05, 0.1) is 19.3 Å². The number of halogens is 4. The van der Waals surface area contributed by atoms with E-state index in [4.69, 9.17) is 16.3 Å². The molecular formula is C22H20ClF3N2O2. The summed E-state index contributed by atoms with van der Waals surface area (Å²) in [6.45, 7) is 0.102. The number of urea groups is 1. The third kappa shape index (κ3) is 3.74. The maximum Gasteiger partial charge on any atom is 0.419 e. The molecule has 158 valence electrons. The molecule has 4 rings (SSSR count). The molecule has 1 aliphatic heterocycles. The van der Waals surface area contributed by atoms with Gasteiger partial charge in [0.25, 0.3) is 0 Å². The number of carbonyl (C=O) groups excluding carboxylic acids is 1. The fraction of sp³-hybridized carbons (Fsp3) is 0.318. The van der Waals surface area contributed by atoms with Crippen LogP contribution in [0.25, 0.3) is 0 Å². The Morgan fingerprint density at radius 3 is 2.53 bits per heavy atom. The molecule has 0 aromatic heterocycles. The van der Waals surface area contributed by atoms with Gasteiger partial charge in [-0.3, -0.25) is 4.90 Å². The Bertz CT molecular complexity index is 987. The van der Waals surface area contributed by atoms with Gasteiger partial charge >= 0.3 is 12.2 Å². The van der Waals surface area contributed by atoms with E-state index in [1.165, 1.54) is 29.2 Å². The normalized spacial score (nSPS) is 21.5. The zero-order valence-corrected chi connectivity index (χ0v) is 16.9. The maximum absolute atomic E-state index is 14.3. The lowest BCUT2D eigenvalue weighted by Gasteiger charge is -2.43. The van der Waals surface area contributed by atoms with Crippen LogP contribution in [0.5, 0.6) is 5.75 Å². The van der Waals surface area contributed by atoms with Gasteiger partial charge in [0.15, 0.2) is 5.54 Å². The summed E-state index contributed by atoms with van der Waals surface area (Å²) in [5.41, 5.74) is -1.78. The number of fused-ring (bicyclic) bond motifs is 1. The topological polar surface area (TPSA) is 41.6 Å². The lowest BCUT2D eigenvalue weighted by Crippen LogP contribution is -2.61. The molecule has 1 heterocycles. The second-order valence-electron chi connectivity index (χ2n) is 7.53. The summed E-state index contributed by atoms with van der Waals surface area (Å²) in [5.74, 6) is 0.761. The van der Waals surface area contributed by atoms with E-state index in [0.717, 1.165) is 24.5 Å². The first-order valence-corrected chi connectivity index (χ1v) is 9.90. The van der Waals surface area contributed by atoms with E-state index in [0.29, 0.717) is 5.75 Å². The van der Waals surface area contributed by atoms with Crippen molar-refractivity contribution in [2.24, 2.45) is 5.92 Å². The zero-order chi connectivity index (χ0) is 21.5. The molecule has 1 aliphatic carbocycles. The van der Waals surface area contributed by atoms with Crippen molar-refractivity contribution >= 4 is 23.3 Å². The van der Waals surface area contributed by atoms with Crippen LogP contribution in [-0.2, 0) is 12.1 Å². The summed E-state index contributed by atoms with van der Waals surface area (Å²) in [5, 5.41) is 2.39. The van der Waals surface area contributed by atoms with Gasteiger partial charge in [-0.25, -0.2) is 4.79 Å². The lowest BCUT2D eigenvalue weighted by atomic mass is 9.84. The smallest absolute Gasteiger partial charge is 0.419 e. The molecule has 2 aliphatic rings. The van der Waals surface area contributed by atoms with E-state index in [9.17, 15) is 18.0 Å². The van der Waals surface area contributed by atoms with Gasteiger partial charge in [-0.15, -0.1) is 0 Å². The lowest BCUT2D eigenvalue weighted by molar-refractivity contribution is -0.182. The van der Waals surface area contributed by atoms with Crippen LogP contribution in [0.15, 0.2) is 54.6 Å². The van der Waals surface area contributed by atoms with E-state index >= 15 is 0 Å². The Balaban J connectivity index is 1.79. The molecule has 0 spiro atoms. The van der Waals surface area contributed by atoms with Crippen molar-refractivity contribution in [3.8, 4) is 5.75 Å². The fourth-order valence-electron chi connectivity index (χ4n) is 3.56. The van der Waals surface area contributed by atoms with E-state index < -0.39 is 17.7 Å². The number of methoxy groups -OCH3 is 1. The second-order valence-corrected chi connectivity index (χ2v) is 7.96. The SMILES string of the molecule is COc1ccc(CN2C(=O)N[C@](/C=C\C3CC3)(C(F)(F)F)c3cc(Cl)ccc32)cc1. The molecule has 2 aromatic rings. The van der Waals surface area contributed by atoms with E-state index in [1.54, 1.807) is 31.4 Å². The maximum atomic E-state index is 14.3. The van der Waals surface area contributed by atoms with E-state index in [2.05, 4.69) is 5.32 Å². The molecule has 0 bridgehead atoms. The van der Waals surface area contributed by atoms with Crippen molar-refractivity contribution in [2.45, 2.75) is 31.1 Å². The Morgan fingerprint density at radius 1 is 1.23 bits per heavy atom. The highest BCUT2D eigenvalue weighted by Gasteiger charge is 2.59. The number of benzene rings is 2. The molecule has 4 nitrogen and oxygen atoms in total. The Morgan fingerprint density at radius 2 is 1.93 bits per heavy atom. The predicted molar refractivity (Wildman–Crippen MR) is 109 cm³/mol. The summed E-state index contributed by atoms with van der Waals surface area (Å²) in [6.07, 6.45) is -0.422. The summed E-state index contributed by atoms with van der Waals surface area (Å²) in [7, 11) is 1.54. The predicted octanol–water partition coefficient (Wildman–Crippen LogP) is 5.80. The van der Waals surface area contributed by atoms with Crippen molar-refractivity contribution < 1.29 is 22.7 Å². The molecule has 1 N–H and O–H groups in total. The summed E-state index contributed by atoms with van der Waals surface area (Å²) < 4.78 is 48.2. The number of ether oxygens (including phenoxy) is 1. The number of nitrogens with one attached hydrogen (secondary N) is 1. The highest BCUT2D eigenvalue weighted by molar-refractivity contribution is 6.30. The fourth-order valence-corrected chi connectivity index (χ4v) is 3.73. The number of alkyl halides is 3. The van der Waals surface area contributed by atoms with Gasteiger partial charge in [-0.2, -0.15) is 13.2 Å². The number of anilines is 1. The number of nitrogens with zero attached hydrogens (tertiary/aromatic N) is 1. The van der Waals surface area contributed by atoms with Crippen LogP contribution >= 0.6 is 11.6 Å². The zero-order valence-electron chi connectivity index (χ0n) is 16.2. The number of carbonyl (C=O) groups is 1. The number of hydrogen-bond acceptors (Lipinski definition) is 2. The molecule has 30 heavy (non-hydrogen) atoms. The van der Waals surface area contributed by atoms with E-state index in [-0.39, 0.29) is 28.7 Å².